The van der Waals surface area contributed by atoms with Crippen molar-refractivity contribution in [1.82, 2.24) is 5.32 Å². The lowest BCUT2D eigenvalue weighted by Crippen LogP contribution is -2.31. The lowest BCUT2D eigenvalue weighted by molar-refractivity contribution is 0.0946. The third-order valence-electron chi connectivity index (χ3n) is 3.70. The number of rotatable bonds is 2. The fourth-order valence-electron chi connectivity index (χ4n) is 2.73. The standard InChI is InChI=1S/C17H18N2O2/c1-10-7-13(18)8-11(2)16(10)21-14-3-4-15-12(9-14)5-6-19-17(15)20/h3-4,7-9H,5-6,18H2,1-2H3,(H,19,20). The summed E-state index contributed by atoms with van der Waals surface area (Å²) in [5.74, 6) is 1.56. The molecule has 4 heteroatoms. The smallest absolute Gasteiger partial charge is 0.251 e. The molecule has 0 radical (unpaired) electrons. The zero-order valence-electron chi connectivity index (χ0n) is 12.2. The monoisotopic (exact) mass is 282 g/mol. The second-order valence-corrected chi connectivity index (χ2v) is 5.41. The van der Waals surface area contributed by atoms with E-state index in [0.29, 0.717) is 6.54 Å². The summed E-state index contributed by atoms with van der Waals surface area (Å²) in [5, 5.41) is 2.84. The number of nitrogens with one attached hydrogen (secondary N) is 1. The molecule has 0 atom stereocenters. The minimum atomic E-state index is -0.0114. The molecule has 0 aliphatic carbocycles. The lowest BCUT2D eigenvalue weighted by Gasteiger charge is -2.18. The van der Waals surface area contributed by atoms with Gasteiger partial charge in [0, 0.05) is 17.8 Å². The number of carbonyl (C=O) groups excluding carboxylic acids is 1. The van der Waals surface area contributed by atoms with Crippen LogP contribution < -0.4 is 15.8 Å². The van der Waals surface area contributed by atoms with Crippen LogP contribution in [0.2, 0.25) is 0 Å². The number of fused-ring (bicyclic) bond motifs is 1. The Morgan fingerprint density at radius 2 is 1.86 bits per heavy atom. The molecule has 108 valence electrons. The Bertz CT molecular complexity index is 700. The van der Waals surface area contributed by atoms with E-state index in [-0.39, 0.29) is 5.91 Å². The summed E-state index contributed by atoms with van der Waals surface area (Å²) in [4.78, 5) is 11.7. The first-order chi connectivity index (χ1) is 10.0. The van der Waals surface area contributed by atoms with Crippen molar-refractivity contribution < 1.29 is 9.53 Å². The molecule has 0 fully saturated rings. The molecule has 3 N–H and O–H groups in total. The van der Waals surface area contributed by atoms with Crippen LogP contribution in [0, 0.1) is 13.8 Å². The van der Waals surface area contributed by atoms with Gasteiger partial charge in [0.2, 0.25) is 0 Å². The molecule has 2 aromatic rings. The molecule has 2 aromatic carbocycles. The second kappa shape index (κ2) is 5.13. The third kappa shape index (κ3) is 2.57. The maximum atomic E-state index is 11.7. The van der Waals surface area contributed by atoms with Crippen molar-refractivity contribution in [3.63, 3.8) is 0 Å². The van der Waals surface area contributed by atoms with Crippen LogP contribution in [-0.4, -0.2) is 12.5 Å². The van der Waals surface area contributed by atoms with Crippen LogP contribution in [0.4, 0.5) is 5.69 Å². The van der Waals surface area contributed by atoms with Crippen LogP contribution in [0.1, 0.15) is 27.0 Å². The number of aryl methyl sites for hydroxylation is 2. The SMILES string of the molecule is Cc1cc(N)cc(C)c1Oc1ccc2c(c1)CCNC2=O. The number of benzene rings is 2. The van der Waals surface area contributed by atoms with Gasteiger partial charge in [-0.25, -0.2) is 0 Å². The van der Waals surface area contributed by atoms with Gasteiger partial charge in [-0.3, -0.25) is 4.79 Å². The topological polar surface area (TPSA) is 64.3 Å². The fraction of sp³-hybridized carbons (Fsp3) is 0.235. The van der Waals surface area contributed by atoms with Crippen LogP contribution in [0.3, 0.4) is 0 Å². The summed E-state index contributed by atoms with van der Waals surface area (Å²) in [6.45, 7) is 4.63. The highest BCUT2D eigenvalue weighted by molar-refractivity contribution is 5.96. The van der Waals surface area contributed by atoms with E-state index < -0.39 is 0 Å². The highest BCUT2D eigenvalue weighted by atomic mass is 16.5. The summed E-state index contributed by atoms with van der Waals surface area (Å²) in [7, 11) is 0. The predicted molar refractivity (Wildman–Crippen MR) is 82.9 cm³/mol. The van der Waals surface area contributed by atoms with E-state index in [9.17, 15) is 4.79 Å². The van der Waals surface area contributed by atoms with Crippen molar-refractivity contribution in [2.24, 2.45) is 0 Å². The molecular weight excluding hydrogens is 264 g/mol. The Hall–Kier alpha value is -2.49. The van der Waals surface area contributed by atoms with Gasteiger partial charge in [-0.1, -0.05) is 0 Å². The van der Waals surface area contributed by atoms with Crippen LogP contribution in [0.15, 0.2) is 30.3 Å². The van der Waals surface area contributed by atoms with Gasteiger partial charge in [0.25, 0.3) is 5.91 Å². The van der Waals surface area contributed by atoms with Crippen molar-refractivity contribution in [2.45, 2.75) is 20.3 Å². The molecule has 3 rings (SSSR count). The van der Waals surface area contributed by atoms with Gasteiger partial charge in [0.15, 0.2) is 0 Å². The maximum absolute atomic E-state index is 11.7. The van der Waals surface area contributed by atoms with E-state index in [1.807, 2.05) is 44.2 Å². The molecule has 0 unspecified atom stereocenters. The number of ether oxygens (including phenoxy) is 1. The molecule has 0 spiro atoms. The molecule has 21 heavy (non-hydrogen) atoms. The van der Waals surface area contributed by atoms with Crippen LogP contribution in [0.25, 0.3) is 0 Å². The summed E-state index contributed by atoms with van der Waals surface area (Å²) < 4.78 is 6.01. The van der Waals surface area contributed by atoms with Crippen molar-refractivity contribution in [2.75, 3.05) is 12.3 Å². The number of hydrogen-bond donors (Lipinski definition) is 2. The number of nitrogen functional groups attached to an aromatic ring is 1. The average Bonchev–Trinajstić information content (AvgIpc) is 2.43. The van der Waals surface area contributed by atoms with Crippen LogP contribution >= 0.6 is 0 Å². The summed E-state index contributed by atoms with van der Waals surface area (Å²) >= 11 is 0. The van der Waals surface area contributed by atoms with E-state index >= 15 is 0 Å². The van der Waals surface area contributed by atoms with Gasteiger partial charge in [0.1, 0.15) is 11.5 Å². The van der Waals surface area contributed by atoms with Crippen molar-refractivity contribution in [1.29, 1.82) is 0 Å². The Labute approximate surface area is 123 Å². The number of carbonyl (C=O) groups is 1. The van der Waals surface area contributed by atoms with Gasteiger partial charge in [-0.15, -0.1) is 0 Å². The minimum Gasteiger partial charge on any atom is -0.457 e. The minimum absolute atomic E-state index is 0.0114. The molecule has 0 saturated carbocycles. The summed E-state index contributed by atoms with van der Waals surface area (Å²) in [6, 6.07) is 9.39. The largest absolute Gasteiger partial charge is 0.457 e. The first-order valence-electron chi connectivity index (χ1n) is 7.00. The predicted octanol–water partition coefficient (Wildman–Crippen LogP) is 2.96. The zero-order chi connectivity index (χ0) is 15.0. The number of hydrogen-bond acceptors (Lipinski definition) is 3. The summed E-state index contributed by atoms with van der Waals surface area (Å²) in [6.07, 6.45) is 0.831. The van der Waals surface area contributed by atoms with Crippen molar-refractivity contribution in [3.05, 3.63) is 52.6 Å². The molecular formula is C17H18N2O2. The molecule has 4 nitrogen and oxygen atoms in total. The van der Waals surface area contributed by atoms with Gasteiger partial charge < -0.3 is 15.8 Å². The van der Waals surface area contributed by atoms with Crippen LogP contribution in [0.5, 0.6) is 11.5 Å². The van der Waals surface area contributed by atoms with E-state index in [2.05, 4.69) is 5.32 Å². The van der Waals surface area contributed by atoms with Gasteiger partial charge >= 0.3 is 0 Å². The third-order valence-corrected chi connectivity index (χ3v) is 3.70. The lowest BCUT2D eigenvalue weighted by atomic mass is 10.0. The number of anilines is 1. The summed E-state index contributed by atoms with van der Waals surface area (Å²) in [5.41, 5.74) is 10.3. The van der Waals surface area contributed by atoms with E-state index in [1.54, 1.807) is 0 Å². The van der Waals surface area contributed by atoms with Crippen molar-refractivity contribution in [3.8, 4) is 11.5 Å². The van der Waals surface area contributed by atoms with E-state index in [4.69, 9.17) is 10.5 Å². The Morgan fingerprint density at radius 1 is 1.14 bits per heavy atom. The van der Waals surface area contributed by atoms with Gasteiger partial charge in [-0.2, -0.15) is 0 Å². The normalized spacial score (nSPS) is 13.5. The number of nitrogens with two attached hydrogens (primary N) is 1. The molecule has 1 amide bonds. The van der Waals surface area contributed by atoms with E-state index in [1.165, 1.54) is 0 Å². The molecule has 1 aliphatic heterocycles. The maximum Gasteiger partial charge on any atom is 0.251 e. The quantitative estimate of drug-likeness (QED) is 0.832. The highest BCUT2D eigenvalue weighted by Gasteiger charge is 2.17. The van der Waals surface area contributed by atoms with Crippen molar-refractivity contribution >= 4 is 11.6 Å². The molecule has 1 aliphatic rings. The zero-order valence-corrected chi connectivity index (χ0v) is 12.2. The molecule has 0 aromatic heterocycles. The van der Waals surface area contributed by atoms with Gasteiger partial charge in [-0.05, 0) is 67.3 Å². The van der Waals surface area contributed by atoms with Gasteiger partial charge in [0.05, 0.1) is 0 Å². The van der Waals surface area contributed by atoms with E-state index in [0.717, 1.165) is 45.9 Å². The van der Waals surface area contributed by atoms with Crippen LogP contribution in [-0.2, 0) is 6.42 Å². The second-order valence-electron chi connectivity index (χ2n) is 5.41. The number of amides is 1. The molecule has 0 bridgehead atoms. The highest BCUT2D eigenvalue weighted by Crippen LogP contribution is 2.32. The molecule has 1 heterocycles. The average molecular weight is 282 g/mol. The first-order valence-corrected chi connectivity index (χ1v) is 7.00. The Kier molecular flexibility index (Phi) is 3.29. The first kappa shape index (κ1) is 13.5. The fourth-order valence-corrected chi connectivity index (χ4v) is 2.73. The Morgan fingerprint density at radius 3 is 2.57 bits per heavy atom. The Balaban J connectivity index is 1.94. The molecule has 0 saturated heterocycles.